The summed E-state index contributed by atoms with van der Waals surface area (Å²) in [7, 11) is 1.46. The molecular formula is C22H28N2O8. The van der Waals surface area contributed by atoms with Gasteiger partial charge >= 0.3 is 11.9 Å². The highest BCUT2D eigenvalue weighted by molar-refractivity contribution is 5.92. The highest BCUT2D eigenvalue weighted by Crippen LogP contribution is 2.29. The smallest absolute Gasteiger partial charge is 0.338 e. The van der Waals surface area contributed by atoms with Crippen LogP contribution in [0.25, 0.3) is 0 Å². The van der Waals surface area contributed by atoms with E-state index in [-0.39, 0.29) is 31.1 Å². The Morgan fingerprint density at radius 2 is 1.91 bits per heavy atom. The number of hydrogen-bond donors (Lipinski definition) is 1. The zero-order valence-electron chi connectivity index (χ0n) is 18.7. The molecule has 0 aliphatic heterocycles. The third-order valence-corrected chi connectivity index (χ3v) is 4.47. The Bertz CT molecular complexity index is 919. The van der Waals surface area contributed by atoms with Crippen LogP contribution < -0.4 is 14.8 Å². The second-order valence-electron chi connectivity index (χ2n) is 6.79. The van der Waals surface area contributed by atoms with Crippen molar-refractivity contribution in [2.75, 3.05) is 26.9 Å². The number of hydrogen-bond acceptors (Lipinski definition) is 9. The van der Waals surface area contributed by atoms with Crippen LogP contribution in [-0.2, 0) is 25.7 Å². The molecule has 10 nitrogen and oxygen atoms in total. The second-order valence-corrected chi connectivity index (χ2v) is 6.79. The van der Waals surface area contributed by atoms with Crippen molar-refractivity contribution in [2.45, 2.75) is 40.2 Å². The lowest BCUT2D eigenvalue weighted by Crippen LogP contribution is -2.30. The first-order valence-corrected chi connectivity index (χ1v) is 10.2. The van der Waals surface area contributed by atoms with Crippen LogP contribution in [0.4, 0.5) is 0 Å². The van der Waals surface area contributed by atoms with Crippen LogP contribution in [-0.4, -0.2) is 49.9 Å². The maximum atomic E-state index is 12.3. The van der Waals surface area contributed by atoms with Gasteiger partial charge in [0, 0.05) is 13.0 Å². The molecular weight excluding hydrogens is 420 g/mol. The minimum absolute atomic E-state index is 0.207. The van der Waals surface area contributed by atoms with E-state index in [4.69, 9.17) is 23.5 Å². The van der Waals surface area contributed by atoms with Crippen molar-refractivity contribution in [1.29, 1.82) is 0 Å². The molecule has 0 radical (unpaired) electrons. The summed E-state index contributed by atoms with van der Waals surface area (Å²) in [5, 5.41) is 6.46. The number of amides is 1. The minimum atomic E-state index is -0.678. The first-order chi connectivity index (χ1) is 15.3. The SMILES string of the molecule is CCOC(=O)CCCNC(=O)COC(=O)c1ccc(OCc2c(C)noc2C)c(OC)c1. The number of carbonyl (C=O) groups is 3. The third-order valence-electron chi connectivity index (χ3n) is 4.47. The van der Waals surface area contributed by atoms with E-state index < -0.39 is 18.5 Å². The standard InChI is InChI=1S/C22H28N2O8/c1-5-29-21(26)7-6-10-23-20(25)13-31-22(27)16-8-9-18(19(11-16)28-4)30-12-17-14(2)24-32-15(17)3/h8-9,11H,5-7,10,12-13H2,1-4H3,(H,23,25). The highest BCUT2D eigenvalue weighted by Gasteiger charge is 2.16. The van der Waals surface area contributed by atoms with Gasteiger partial charge in [-0.1, -0.05) is 5.16 Å². The van der Waals surface area contributed by atoms with Crippen LogP contribution in [0.15, 0.2) is 22.7 Å². The molecule has 2 aromatic rings. The van der Waals surface area contributed by atoms with Crippen molar-refractivity contribution < 1.29 is 37.9 Å². The van der Waals surface area contributed by atoms with E-state index in [0.29, 0.717) is 30.3 Å². The van der Waals surface area contributed by atoms with Crippen LogP contribution in [0.2, 0.25) is 0 Å². The molecule has 32 heavy (non-hydrogen) atoms. The zero-order chi connectivity index (χ0) is 23.5. The van der Waals surface area contributed by atoms with Crippen LogP contribution in [0.3, 0.4) is 0 Å². The third kappa shape index (κ3) is 7.29. The number of rotatable bonds is 12. The number of methoxy groups -OCH3 is 1. The van der Waals surface area contributed by atoms with Crippen LogP contribution in [0, 0.1) is 13.8 Å². The minimum Gasteiger partial charge on any atom is -0.493 e. The van der Waals surface area contributed by atoms with Gasteiger partial charge in [0.1, 0.15) is 12.4 Å². The summed E-state index contributed by atoms with van der Waals surface area (Å²) in [4.78, 5) is 35.3. The van der Waals surface area contributed by atoms with Gasteiger partial charge in [0.2, 0.25) is 0 Å². The van der Waals surface area contributed by atoms with Crippen molar-refractivity contribution in [3.8, 4) is 11.5 Å². The molecule has 0 aliphatic rings. The molecule has 0 atom stereocenters. The fraction of sp³-hybridized carbons (Fsp3) is 0.455. The van der Waals surface area contributed by atoms with Gasteiger partial charge < -0.3 is 28.8 Å². The molecule has 2 rings (SSSR count). The lowest BCUT2D eigenvalue weighted by atomic mass is 10.2. The van der Waals surface area contributed by atoms with E-state index in [2.05, 4.69) is 10.5 Å². The average molecular weight is 448 g/mol. The van der Waals surface area contributed by atoms with E-state index in [0.717, 1.165) is 11.3 Å². The van der Waals surface area contributed by atoms with Crippen molar-refractivity contribution in [1.82, 2.24) is 10.5 Å². The molecule has 1 aromatic heterocycles. The predicted octanol–water partition coefficient (Wildman–Crippen LogP) is 2.50. The van der Waals surface area contributed by atoms with Crippen molar-refractivity contribution in [3.63, 3.8) is 0 Å². The Hall–Kier alpha value is -3.56. The van der Waals surface area contributed by atoms with Crippen molar-refractivity contribution in [3.05, 3.63) is 40.8 Å². The number of ether oxygens (including phenoxy) is 4. The quantitative estimate of drug-likeness (QED) is 0.385. The number of aromatic nitrogens is 1. The zero-order valence-corrected chi connectivity index (χ0v) is 18.7. The van der Waals surface area contributed by atoms with Gasteiger partial charge in [-0.2, -0.15) is 0 Å². The van der Waals surface area contributed by atoms with Crippen LogP contribution in [0.5, 0.6) is 11.5 Å². The molecule has 1 aromatic carbocycles. The molecule has 0 saturated carbocycles. The molecule has 0 unspecified atom stereocenters. The average Bonchev–Trinajstić information content (AvgIpc) is 3.10. The Morgan fingerprint density at radius 1 is 1.12 bits per heavy atom. The van der Waals surface area contributed by atoms with Gasteiger partial charge in [0.15, 0.2) is 18.1 Å². The molecule has 1 heterocycles. The lowest BCUT2D eigenvalue weighted by molar-refractivity contribution is -0.143. The first-order valence-electron chi connectivity index (χ1n) is 10.2. The largest absolute Gasteiger partial charge is 0.493 e. The van der Waals surface area contributed by atoms with Crippen LogP contribution in [0.1, 0.15) is 47.1 Å². The second kappa shape index (κ2) is 12.3. The van der Waals surface area contributed by atoms with Gasteiger partial charge in [-0.25, -0.2) is 4.79 Å². The van der Waals surface area contributed by atoms with E-state index in [1.54, 1.807) is 19.9 Å². The van der Waals surface area contributed by atoms with E-state index >= 15 is 0 Å². The monoisotopic (exact) mass is 448 g/mol. The lowest BCUT2D eigenvalue weighted by Gasteiger charge is -2.12. The summed E-state index contributed by atoms with van der Waals surface area (Å²) in [5.74, 6) is -0.0176. The van der Waals surface area contributed by atoms with Gasteiger partial charge in [-0.3, -0.25) is 9.59 Å². The Labute approximate surface area is 186 Å². The van der Waals surface area contributed by atoms with Crippen molar-refractivity contribution >= 4 is 17.8 Å². The van der Waals surface area contributed by atoms with Gasteiger partial charge in [-0.05, 0) is 45.4 Å². The molecule has 1 amide bonds. The van der Waals surface area contributed by atoms with Gasteiger partial charge in [-0.15, -0.1) is 0 Å². The highest BCUT2D eigenvalue weighted by atomic mass is 16.5. The van der Waals surface area contributed by atoms with E-state index in [1.165, 1.54) is 19.2 Å². The van der Waals surface area contributed by atoms with Crippen LogP contribution >= 0.6 is 0 Å². The summed E-state index contributed by atoms with van der Waals surface area (Å²) < 4.78 is 26.0. The number of carbonyl (C=O) groups excluding carboxylic acids is 3. The Morgan fingerprint density at radius 3 is 2.56 bits per heavy atom. The maximum absolute atomic E-state index is 12.3. The number of esters is 2. The number of nitrogens with zero attached hydrogens (tertiary/aromatic N) is 1. The predicted molar refractivity (Wildman–Crippen MR) is 112 cm³/mol. The van der Waals surface area contributed by atoms with Crippen molar-refractivity contribution in [2.24, 2.45) is 0 Å². The summed E-state index contributed by atoms with van der Waals surface area (Å²) in [6.45, 7) is 5.74. The van der Waals surface area contributed by atoms with Gasteiger partial charge in [0.25, 0.3) is 5.91 Å². The number of nitrogens with one attached hydrogen (secondary N) is 1. The first kappa shape index (κ1) is 24.7. The molecule has 0 fully saturated rings. The fourth-order valence-electron chi connectivity index (χ4n) is 2.73. The summed E-state index contributed by atoms with van der Waals surface area (Å²) in [5.41, 5.74) is 1.78. The number of benzene rings is 1. The molecule has 0 aliphatic carbocycles. The molecule has 0 bridgehead atoms. The van der Waals surface area contributed by atoms with E-state index in [1.807, 2.05) is 6.92 Å². The molecule has 0 saturated heterocycles. The summed E-state index contributed by atoms with van der Waals surface area (Å²) in [6.07, 6.45) is 0.642. The molecule has 0 spiro atoms. The maximum Gasteiger partial charge on any atom is 0.338 e. The Kier molecular flexibility index (Phi) is 9.52. The number of aryl methyl sites for hydroxylation is 2. The van der Waals surface area contributed by atoms with E-state index in [9.17, 15) is 14.4 Å². The normalized spacial score (nSPS) is 10.4. The fourth-order valence-corrected chi connectivity index (χ4v) is 2.73. The summed E-state index contributed by atoms with van der Waals surface area (Å²) in [6, 6.07) is 4.58. The topological polar surface area (TPSA) is 126 Å². The molecule has 10 heteroatoms. The van der Waals surface area contributed by atoms with Gasteiger partial charge in [0.05, 0.1) is 30.5 Å². The Balaban J connectivity index is 1.83. The molecule has 174 valence electrons. The molecule has 1 N–H and O–H groups in total. The summed E-state index contributed by atoms with van der Waals surface area (Å²) >= 11 is 0.